The highest BCUT2D eigenvalue weighted by Gasteiger charge is 2.18. The summed E-state index contributed by atoms with van der Waals surface area (Å²) in [4.78, 5) is 23.8. The Morgan fingerprint density at radius 1 is 0.652 bits per heavy atom. The van der Waals surface area contributed by atoms with Crippen LogP contribution >= 0.6 is 0 Å². The van der Waals surface area contributed by atoms with Crippen LogP contribution in [0.3, 0.4) is 0 Å². The van der Waals surface area contributed by atoms with Crippen molar-refractivity contribution in [3.63, 3.8) is 0 Å². The maximum absolute atomic E-state index is 11.9. The summed E-state index contributed by atoms with van der Waals surface area (Å²) < 4.78 is 25.7. The number of amides is 2. The van der Waals surface area contributed by atoms with Gasteiger partial charge in [-0.3, -0.25) is 26.9 Å². The number of ether oxygens (including phenoxy) is 4. The second-order valence-corrected chi connectivity index (χ2v) is 12.5. The molecule has 2 aromatic carbocycles. The molecule has 5 N–H and O–H groups in total. The zero-order valence-electron chi connectivity index (χ0n) is 27.4. The van der Waals surface area contributed by atoms with E-state index < -0.39 is 23.4 Å². The number of hydrogen-bond donors (Lipinski definition) is 5. The first kappa shape index (κ1) is 35.4. The van der Waals surface area contributed by atoms with Crippen LogP contribution in [0.2, 0.25) is 0 Å². The van der Waals surface area contributed by atoms with E-state index in [4.69, 9.17) is 35.2 Å². The number of nitrogens with one attached hydrogen (secondary N) is 5. The maximum Gasteiger partial charge on any atom is 0.413 e. The van der Waals surface area contributed by atoms with Crippen LogP contribution in [0, 0.1) is 16.2 Å². The number of rotatable bonds is 12. The van der Waals surface area contributed by atoms with Crippen LogP contribution in [0.15, 0.2) is 60.9 Å². The minimum absolute atomic E-state index is 0.0568. The largest absolute Gasteiger partial charge is 0.494 e. The van der Waals surface area contributed by atoms with Crippen LogP contribution in [0.4, 0.5) is 9.59 Å². The third-order valence-electron chi connectivity index (χ3n) is 6.13. The van der Waals surface area contributed by atoms with Crippen molar-refractivity contribution in [2.24, 2.45) is 0 Å². The van der Waals surface area contributed by atoms with Crippen molar-refractivity contribution >= 4 is 23.9 Å². The molecule has 3 rings (SSSR count). The molecule has 0 saturated carbocycles. The van der Waals surface area contributed by atoms with E-state index >= 15 is 0 Å². The molecule has 0 atom stereocenters. The molecule has 1 aromatic heterocycles. The molecule has 0 aliphatic heterocycles. The third-order valence-corrected chi connectivity index (χ3v) is 6.13. The molecule has 0 radical (unpaired) electrons. The number of carbonyl (C=O) groups excluding carboxylic acids is 2. The quantitative estimate of drug-likeness (QED) is 0.101. The summed E-state index contributed by atoms with van der Waals surface area (Å²) in [5, 5.41) is 29.5. The van der Waals surface area contributed by atoms with Crippen LogP contribution in [-0.2, 0) is 22.6 Å². The fourth-order valence-electron chi connectivity index (χ4n) is 4.07. The summed E-state index contributed by atoms with van der Waals surface area (Å²) in [6, 6.07) is 13.8. The number of carbonyl (C=O) groups is 2. The number of benzene rings is 2. The van der Waals surface area contributed by atoms with E-state index in [9.17, 15) is 9.59 Å². The Morgan fingerprint density at radius 3 is 1.33 bits per heavy atom. The predicted molar refractivity (Wildman–Crippen MR) is 174 cm³/mol. The first-order chi connectivity index (χ1) is 21.6. The molecular weight excluding hydrogens is 590 g/mol. The van der Waals surface area contributed by atoms with Crippen molar-refractivity contribution in [1.29, 1.82) is 16.2 Å². The third kappa shape index (κ3) is 12.1. The Hall–Kier alpha value is -5.07. The minimum atomic E-state index is -0.677. The maximum atomic E-state index is 11.9. The molecule has 0 fully saturated rings. The van der Waals surface area contributed by atoms with Crippen LogP contribution < -0.4 is 25.7 Å². The first-order valence-electron chi connectivity index (χ1n) is 15.0. The molecule has 248 valence electrons. The van der Waals surface area contributed by atoms with E-state index in [2.05, 4.69) is 10.6 Å². The summed E-state index contributed by atoms with van der Waals surface area (Å²) in [6.45, 7) is 12.7. The molecule has 0 bridgehead atoms. The van der Waals surface area contributed by atoms with Crippen molar-refractivity contribution in [2.75, 3.05) is 13.2 Å². The van der Waals surface area contributed by atoms with Crippen LogP contribution in [0.1, 0.15) is 65.5 Å². The average Bonchev–Trinajstić information content (AvgIpc) is 3.30. The SMILES string of the molecule is CC(C)(C)OC(=O)NC(=N)c1ccc(OCCCn2ccn(CCCOc3ccc(C(=N)NC(=O)OC(C)(C)C)cc3)c2=N)cc1. The molecule has 13 heteroatoms. The van der Waals surface area contributed by atoms with Gasteiger partial charge in [-0.2, -0.15) is 0 Å². The number of aryl methyl sites for hydroxylation is 2. The summed E-state index contributed by atoms with van der Waals surface area (Å²) in [7, 11) is 0. The highest BCUT2D eigenvalue weighted by Crippen LogP contribution is 2.15. The number of aromatic nitrogens is 2. The van der Waals surface area contributed by atoms with Gasteiger partial charge in [-0.05, 0) is 103 Å². The van der Waals surface area contributed by atoms with E-state index in [-0.39, 0.29) is 11.7 Å². The van der Waals surface area contributed by atoms with Gasteiger partial charge in [-0.15, -0.1) is 0 Å². The lowest BCUT2D eigenvalue weighted by atomic mass is 10.2. The zero-order valence-corrected chi connectivity index (χ0v) is 27.4. The lowest BCUT2D eigenvalue weighted by Gasteiger charge is -2.19. The Kier molecular flexibility index (Phi) is 12.1. The fraction of sp³-hybridized carbons (Fsp3) is 0.424. The Morgan fingerprint density at radius 2 is 1.00 bits per heavy atom. The van der Waals surface area contributed by atoms with Gasteiger partial charge < -0.3 is 28.1 Å². The summed E-state index contributed by atoms with van der Waals surface area (Å²) in [5.41, 5.74) is 0.162. The molecule has 0 saturated heterocycles. The fourth-order valence-corrected chi connectivity index (χ4v) is 4.07. The Labute approximate surface area is 269 Å². The van der Waals surface area contributed by atoms with Gasteiger partial charge in [0.2, 0.25) is 5.62 Å². The Bertz CT molecular complexity index is 1430. The van der Waals surface area contributed by atoms with Gasteiger partial charge in [0, 0.05) is 36.6 Å². The molecule has 2 amide bonds. The van der Waals surface area contributed by atoms with Gasteiger partial charge in [0.25, 0.3) is 0 Å². The van der Waals surface area contributed by atoms with Crippen LogP contribution in [0.5, 0.6) is 11.5 Å². The lowest BCUT2D eigenvalue weighted by molar-refractivity contribution is 0.0551. The van der Waals surface area contributed by atoms with Gasteiger partial charge >= 0.3 is 12.2 Å². The van der Waals surface area contributed by atoms with E-state index in [0.717, 1.165) is 0 Å². The van der Waals surface area contributed by atoms with Crippen molar-refractivity contribution in [2.45, 2.75) is 78.7 Å². The molecule has 1 heterocycles. The molecule has 46 heavy (non-hydrogen) atoms. The Balaban J connectivity index is 1.35. The van der Waals surface area contributed by atoms with Crippen LogP contribution in [-0.4, -0.2) is 57.4 Å². The van der Waals surface area contributed by atoms with E-state index in [1.807, 2.05) is 21.5 Å². The highest BCUT2D eigenvalue weighted by molar-refractivity contribution is 6.05. The number of alkyl carbamates (subject to hydrolysis) is 2. The topological polar surface area (TPSA) is 177 Å². The molecule has 0 unspecified atom stereocenters. The van der Waals surface area contributed by atoms with Gasteiger partial charge in [-0.1, -0.05) is 0 Å². The number of hydrogen-bond acceptors (Lipinski definition) is 9. The van der Waals surface area contributed by atoms with Gasteiger partial charge in [0.1, 0.15) is 34.4 Å². The lowest BCUT2D eigenvalue weighted by Crippen LogP contribution is -2.36. The number of amidine groups is 2. The number of nitrogens with zero attached hydrogens (tertiary/aromatic N) is 2. The van der Waals surface area contributed by atoms with E-state index in [1.165, 1.54) is 0 Å². The monoisotopic (exact) mass is 635 g/mol. The summed E-state index contributed by atoms with van der Waals surface area (Å²) in [5.74, 6) is 1.18. The van der Waals surface area contributed by atoms with Crippen molar-refractivity contribution in [3.05, 3.63) is 77.7 Å². The van der Waals surface area contributed by atoms with E-state index in [1.54, 1.807) is 90.1 Å². The van der Waals surface area contributed by atoms with Gasteiger partial charge in [-0.25, -0.2) is 9.59 Å². The van der Waals surface area contributed by atoms with Crippen molar-refractivity contribution in [3.8, 4) is 11.5 Å². The van der Waals surface area contributed by atoms with Crippen molar-refractivity contribution in [1.82, 2.24) is 19.8 Å². The molecular formula is C33H45N7O6. The van der Waals surface area contributed by atoms with Gasteiger partial charge in [0.15, 0.2) is 0 Å². The molecule has 0 aliphatic carbocycles. The van der Waals surface area contributed by atoms with Crippen LogP contribution in [0.25, 0.3) is 0 Å². The second-order valence-electron chi connectivity index (χ2n) is 12.5. The summed E-state index contributed by atoms with van der Waals surface area (Å²) >= 11 is 0. The average molecular weight is 636 g/mol. The normalized spacial score (nSPS) is 11.3. The second kappa shape index (κ2) is 15.8. The molecule has 13 nitrogen and oxygen atoms in total. The molecule has 0 aliphatic rings. The standard InChI is InChI=1S/C33H45N7O6/c1-32(2,3)45-30(41)37-27(34)23-9-13-25(14-10-23)43-21-7-17-39-19-20-40(29(39)36)18-8-22-44-26-15-11-24(12-16-26)28(35)38-31(42)46-33(4,5)6/h9-16,19-20,36H,7-8,17-18,21-22H2,1-6H3,(H2,34,37,41)(H2,35,38,42). The van der Waals surface area contributed by atoms with E-state index in [0.29, 0.717) is 67.4 Å². The van der Waals surface area contributed by atoms with Crippen molar-refractivity contribution < 1.29 is 28.5 Å². The summed E-state index contributed by atoms with van der Waals surface area (Å²) in [6.07, 6.45) is 3.79. The highest BCUT2D eigenvalue weighted by atomic mass is 16.6. The predicted octanol–water partition coefficient (Wildman–Crippen LogP) is 5.41. The first-order valence-corrected chi connectivity index (χ1v) is 15.0. The number of imidazole rings is 1. The zero-order chi connectivity index (χ0) is 33.9. The smallest absolute Gasteiger partial charge is 0.413 e. The molecule has 3 aromatic rings. The minimum Gasteiger partial charge on any atom is -0.494 e. The van der Waals surface area contributed by atoms with Gasteiger partial charge in [0.05, 0.1) is 13.2 Å². The molecule has 0 spiro atoms.